The van der Waals surface area contributed by atoms with E-state index in [1.54, 1.807) is 12.1 Å². The number of hydrogen-bond donors (Lipinski definition) is 0. The molecular formula is C23H20N2O4. The number of ether oxygens (including phenoxy) is 1. The fraction of sp³-hybridized carbons (Fsp3) is 0.174. The molecule has 0 radical (unpaired) electrons. The Kier molecular flexibility index (Phi) is 4.76. The van der Waals surface area contributed by atoms with Gasteiger partial charge < -0.3 is 14.1 Å². The minimum Gasteiger partial charge on any atom is -0.453 e. The molecule has 2 aromatic carbocycles. The van der Waals surface area contributed by atoms with Crippen LogP contribution in [0.4, 0.5) is 5.69 Å². The Bertz CT molecular complexity index is 1270. The van der Waals surface area contributed by atoms with Crippen LogP contribution in [0.3, 0.4) is 0 Å². The van der Waals surface area contributed by atoms with Gasteiger partial charge in [0, 0.05) is 36.0 Å². The van der Waals surface area contributed by atoms with Gasteiger partial charge in [-0.3, -0.25) is 4.79 Å². The lowest BCUT2D eigenvalue weighted by Gasteiger charge is -2.26. The third kappa shape index (κ3) is 3.12. The topological polar surface area (TPSA) is 72.6 Å². The number of benzene rings is 3. The third-order valence-corrected chi connectivity index (χ3v) is 4.91. The van der Waals surface area contributed by atoms with Gasteiger partial charge in [0.2, 0.25) is 0 Å². The fourth-order valence-electron chi connectivity index (χ4n) is 3.56. The standard InChI is InChI=1S/C23H20N2O4/c1-4-20(27)29-18-12-11-14-16(26)13-19-22(21(14)23(18)25(5-2)6-3)24-15-9-7-8-10-17(15)28-19/h4,7-13H,1,5-6H2,2-3H3. The molecule has 1 heterocycles. The molecule has 0 aromatic heterocycles. The van der Waals surface area contributed by atoms with Crippen molar-refractivity contribution in [3.8, 4) is 17.2 Å². The Morgan fingerprint density at radius 2 is 1.97 bits per heavy atom. The summed E-state index contributed by atoms with van der Waals surface area (Å²) in [5.41, 5.74) is 2.29. The van der Waals surface area contributed by atoms with E-state index in [4.69, 9.17) is 14.1 Å². The lowest BCUT2D eigenvalue weighted by Crippen LogP contribution is -2.24. The van der Waals surface area contributed by atoms with Gasteiger partial charge in [0.1, 0.15) is 11.2 Å². The van der Waals surface area contributed by atoms with Crippen molar-refractivity contribution in [2.45, 2.75) is 13.8 Å². The van der Waals surface area contributed by atoms with E-state index >= 15 is 0 Å². The van der Waals surface area contributed by atoms with Gasteiger partial charge in [-0.1, -0.05) is 18.7 Å². The van der Waals surface area contributed by atoms with E-state index in [0.717, 1.165) is 6.08 Å². The predicted octanol–water partition coefficient (Wildman–Crippen LogP) is 4.38. The van der Waals surface area contributed by atoms with Crippen molar-refractivity contribution in [3.63, 3.8) is 0 Å². The minimum atomic E-state index is -0.566. The second kappa shape index (κ2) is 7.39. The number of aromatic nitrogens is 1. The van der Waals surface area contributed by atoms with E-state index in [2.05, 4.69) is 6.58 Å². The Hall–Kier alpha value is -3.67. The molecule has 0 saturated heterocycles. The predicted molar refractivity (Wildman–Crippen MR) is 114 cm³/mol. The third-order valence-electron chi connectivity index (χ3n) is 4.91. The molecule has 1 aliphatic carbocycles. The van der Waals surface area contributed by atoms with E-state index < -0.39 is 5.97 Å². The molecule has 29 heavy (non-hydrogen) atoms. The maximum atomic E-state index is 12.8. The van der Waals surface area contributed by atoms with Crippen molar-refractivity contribution in [1.82, 2.24) is 4.98 Å². The second-order valence-corrected chi connectivity index (χ2v) is 6.54. The average molecular weight is 388 g/mol. The first kappa shape index (κ1) is 18.7. The second-order valence-electron chi connectivity index (χ2n) is 6.54. The first-order chi connectivity index (χ1) is 14.1. The highest BCUT2D eigenvalue weighted by Gasteiger charge is 2.24. The average Bonchev–Trinajstić information content (AvgIpc) is 2.74. The lowest BCUT2D eigenvalue weighted by molar-refractivity contribution is -0.128. The van der Waals surface area contributed by atoms with Crippen LogP contribution >= 0.6 is 0 Å². The van der Waals surface area contributed by atoms with Crippen LogP contribution in [0.5, 0.6) is 5.75 Å². The molecular weight excluding hydrogens is 368 g/mol. The van der Waals surface area contributed by atoms with Gasteiger partial charge in [0.15, 0.2) is 22.5 Å². The van der Waals surface area contributed by atoms with Crippen molar-refractivity contribution in [3.05, 3.63) is 65.3 Å². The number of esters is 1. The molecule has 0 bridgehead atoms. The molecule has 2 aromatic rings. The van der Waals surface area contributed by atoms with Crippen LogP contribution in [-0.2, 0) is 4.79 Å². The largest absolute Gasteiger partial charge is 0.453 e. The summed E-state index contributed by atoms with van der Waals surface area (Å²) in [4.78, 5) is 31.6. The summed E-state index contributed by atoms with van der Waals surface area (Å²) in [6, 6.07) is 12.2. The first-order valence-corrected chi connectivity index (χ1v) is 9.45. The van der Waals surface area contributed by atoms with Crippen LogP contribution in [-0.4, -0.2) is 24.0 Å². The number of carbonyl (C=O) groups excluding carboxylic acids is 1. The lowest BCUT2D eigenvalue weighted by atomic mass is 10.0. The molecule has 0 unspecified atom stereocenters. The Labute approximate surface area is 167 Å². The number of anilines is 1. The van der Waals surface area contributed by atoms with Gasteiger partial charge in [-0.25, -0.2) is 9.78 Å². The van der Waals surface area contributed by atoms with Crippen LogP contribution in [0, 0.1) is 0 Å². The van der Waals surface area contributed by atoms with Crippen LogP contribution < -0.4 is 15.1 Å². The monoisotopic (exact) mass is 388 g/mol. The van der Waals surface area contributed by atoms with E-state index in [9.17, 15) is 9.59 Å². The number of rotatable bonds is 5. The van der Waals surface area contributed by atoms with Gasteiger partial charge in [-0.05, 0) is 38.1 Å². The summed E-state index contributed by atoms with van der Waals surface area (Å²) in [5.74, 6) is 0.179. The number of carbonyl (C=O) groups is 1. The molecule has 0 saturated carbocycles. The Morgan fingerprint density at radius 1 is 1.21 bits per heavy atom. The molecule has 0 fully saturated rings. The Morgan fingerprint density at radius 3 is 2.69 bits per heavy atom. The summed E-state index contributed by atoms with van der Waals surface area (Å²) in [6.45, 7) is 8.78. The molecule has 6 heteroatoms. The highest BCUT2D eigenvalue weighted by atomic mass is 16.5. The van der Waals surface area contributed by atoms with Crippen LogP contribution in [0.25, 0.3) is 33.3 Å². The fourth-order valence-corrected chi connectivity index (χ4v) is 3.56. The zero-order chi connectivity index (χ0) is 20.5. The SMILES string of the molecule is C=CC(=O)Oc1ccc2c(=O)cc3oc4ccccc4nc-3c2c1N(CC)CC. The normalized spacial score (nSPS) is 11.1. The summed E-state index contributed by atoms with van der Waals surface area (Å²) in [5, 5.41) is 1.11. The highest BCUT2D eigenvalue weighted by molar-refractivity contribution is 6.07. The van der Waals surface area contributed by atoms with Crippen molar-refractivity contribution in [2.75, 3.05) is 18.0 Å². The van der Waals surface area contributed by atoms with Crippen LogP contribution in [0.1, 0.15) is 13.8 Å². The summed E-state index contributed by atoms with van der Waals surface area (Å²) < 4.78 is 11.5. The molecule has 6 nitrogen and oxygen atoms in total. The maximum Gasteiger partial charge on any atom is 0.335 e. The summed E-state index contributed by atoms with van der Waals surface area (Å²) in [7, 11) is 0. The van der Waals surface area contributed by atoms with Gasteiger partial charge in [0.05, 0.1) is 5.69 Å². The maximum absolute atomic E-state index is 12.8. The molecule has 1 aliphatic heterocycles. The van der Waals surface area contributed by atoms with Gasteiger partial charge >= 0.3 is 5.97 Å². The van der Waals surface area contributed by atoms with Crippen molar-refractivity contribution < 1.29 is 13.9 Å². The zero-order valence-corrected chi connectivity index (χ0v) is 16.3. The smallest absolute Gasteiger partial charge is 0.335 e. The highest BCUT2D eigenvalue weighted by Crippen LogP contribution is 2.41. The molecule has 146 valence electrons. The van der Waals surface area contributed by atoms with Crippen LogP contribution in [0.15, 0.2) is 64.3 Å². The number of hydrogen-bond acceptors (Lipinski definition) is 6. The van der Waals surface area contributed by atoms with E-state index in [-0.39, 0.29) is 5.43 Å². The van der Waals surface area contributed by atoms with Gasteiger partial charge in [-0.15, -0.1) is 0 Å². The minimum absolute atomic E-state index is 0.177. The number of para-hydroxylation sites is 2. The molecule has 0 amide bonds. The van der Waals surface area contributed by atoms with E-state index in [1.165, 1.54) is 6.07 Å². The van der Waals surface area contributed by atoms with Crippen LogP contribution in [0.2, 0.25) is 0 Å². The molecule has 2 aliphatic rings. The Balaban J connectivity index is 2.17. The summed E-state index contributed by atoms with van der Waals surface area (Å²) in [6.07, 6.45) is 1.11. The number of nitrogens with zero attached hydrogens (tertiary/aromatic N) is 2. The molecule has 0 N–H and O–H groups in total. The molecule has 0 atom stereocenters. The van der Waals surface area contributed by atoms with Crippen molar-refractivity contribution in [2.24, 2.45) is 0 Å². The van der Waals surface area contributed by atoms with Gasteiger partial charge in [0.25, 0.3) is 0 Å². The van der Waals surface area contributed by atoms with E-state index in [1.807, 2.05) is 43.0 Å². The summed E-state index contributed by atoms with van der Waals surface area (Å²) >= 11 is 0. The zero-order valence-electron chi connectivity index (χ0n) is 16.3. The molecule has 0 spiro atoms. The number of fused-ring (bicyclic) bond motifs is 4. The van der Waals surface area contributed by atoms with Gasteiger partial charge in [-0.2, -0.15) is 0 Å². The quantitative estimate of drug-likeness (QED) is 0.166. The molecule has 4 rings (SSSR count). The van der Waals surface area contributed by atoms with Crippen molar-refractivity contribution >= 4 is 33.5 Å². The van der Waals surface area contributed by atoms with Crippen molar-refractivity contribution in [1.29, 1.82) is 0 Å². The van der Waals surface area contributed by atoms with E-state index in [0.29, 0.717) is 57.9 Å². The first-order valence-electron chi connectivity index (χ1n) is 9.45.